The third kappa shape index (κ3) is 8.06. The molecule has 1 rings (SSSR count). The minimum atomic E-state index is -4.72. The molecule has 0 heterocycles. The van der Waals surface area contributed by atoms with E-state index in [-0.39, 0.29) is 18.2 Å². The molecule has 0 saturated heterocycles. The van der Waals surface area contributed by atoms with E-state index in [1.54, 1.807) is 0 Å². The fraction of sp³-hybridized carbons (Fsp3) is 0.538. The molecule has 22 heavy (non-hydrogen) atoms. The summed E-state index contributed by atoms with van der Waals surface area (Å²) in [4.78, 5) is 10.4. The summed E-state index contributed by atoms with van der Waals surface area (Å²) in [5, 5.41) is 0.487. The number of hydrogen-bond acceptors (Lipinski definition) is 3. The molecule has 9 heteroatoms. The average molecular weight is 395 g/mol. The first-order valence-corrected chi connectivity index (χ1v) is 10.8. The topological polar surface area (TPSA) is 29.5 Å². The van der Waals surface area contributed by atoms with Gasteiger partial charge in [-0.3, -0.25) is 0 Å². The zero-order valence-corrected chi connectivity index (χ0v) is 15.5. The minimum Gasteiger partial charge on any atom is -0.406 e. The summed E-state index contributed by atoms with van der Waals surface area (Å²) >= 11 is 6.55. The van der Waals surface area contributed by atoms with E-state index in [0.717, 1.165) is 18.6 Å². The van der Waals surface area contributed by atoms with Gasteiger partial charge in [0.05, 0.1) is 0 Å². The normalized spacial score (nSPS) is 15.5. The fourth-order valence-corrected chi connectivity index (χ4v) is 6.11. The lowest BCUT2D eigenvalue weighted by Crippen LogP contribution is -2.17. The molecule has 1 aromatic carbocycles. The first-order valence-electron chi connectivity index (χ1n) is 6.47. The molecule has 128 valence electrons. The van der Waals surface area contributed by atoms with Crippen LogP contribution in [0.1, 0.15) is 26.7 Å². The molecule has 1 N–H and O–H groups in total. The summed E-state index contributed by atoms with van der Waals surface area (Å²) in [6, 6.07) is 5.16. The van der Waals surface area contributed by atoms with Crippen molar-refractivity contribution in [3.8, 4) is 5.75 Å². The van der Waals surface area contributed by atoms with Crippen LogP contribution in [0, 0.1) is 5.92 Å². The third-order valence-corrected chi connectivity index (χ3v) is 8.44. The predicted octanol–water partition coefficient (Wildman–Crippen LogP) is 5.10. The maximum atomic E-state index is 12.1. The van der Waals surface area contributed by atoms with Gasteiger partial charge >= 0.3 is 6.36 Å². The standard InChI is InChI=1S/C13H18F3O2PS2.ClH/c1-3-4-10(2)9-21-19(17,20)12-7-5-11(6-8-12)18-13(14,15)16;/h5-8,10H,3-4,9H2,1-2H3,(H,17,20);1H. The highest BCUT2D eigenvalue weighted by molar-refractivity contribution is 8.71. The SMILES string of the molecule is CCCC(C)CSP(O)(=S)c1ccc(OC(F)(F)F)cc1.Cl. The summed E-state index contributed by atoms with van der Waals surface area (Å²) in [7, 11) is 0. The van der Waals surface area contributed by atoms with Gasteiger partial charge in [-0.25, -0.2) is 0 Å². The molecule has 0 radical (unpaired) electrons. The van der Waals surface area contributed by atoms with E-state index < -0.39 is 11.8 Å². The van der Waals surface area contributed by atoms with Crippen LogP contribution in [0.2, 0.25) is 0 Å². The molecule has 2 unspecified atom stereocenters. The van der Waals surface area contributed by atoms with Crippen LogP contribution in [0.3, 0.4) is 0 Å². The highest BCUT2D eigenvalue weighted by Gasteiger charge is 2.31. The van der Waals surface area contributed by atoms with Crippen molar-refractivity contribution in [1.29, 1.82) is 0 Å². The van der Waals surface area contributed by atoms with Gasteiger partial charge in [-0.05, 0) is 30.2 Å². The number of hydrogen-bond donors (Lipinski definition) is 1. The summed E-state index contributed by atoms with van der Waals surface area (Å²) in [6.07, 6.45) is -2.59. The lowest BCUT2D eigenvalue weighted by atomic mass is 10.1. The quantitative estimate of drug-likeness (QED) is 0.651. The number of alkyl halides is 3. The largest absolute Gasteiger partial charge is 0.573 e. The van der Waals surface area contributed by atoms with Gasteiger partial charge in [-0.1, -0.05) is 49.9 Å². The smallest absolute Gasteiger partial charge is 0.406 e. The molecule has 0 aliphatic rings. The van der Waals surface area contributed by atoms with E-state index in [1.165, 1.54) is 35.6 Å². The highest BCUT2D eigenvalue weighted by Crippen LogP contribution is 2.54. The van der Waals surface area contributed by atoms with Crippen molar-refractivity contribution < 1.29 is 22.8 Å². The van der Waals surface area contributed by atoms with Gasteiger partial charge in [-0.15, -0.1) is 25.6 Å². The molecule has 0 saturated carbocycles. The maximum Gasteiger partial charge on any atom is 0.573 e. The Kier molecular flexibility index (Phi) is 9.40. The predicted molar refractivity (Wildman–Crippen MR) is 93.0 cm³/mol. The highest BCUT2D eigenvalue weighted by atomic mass is 35.5. The second kappa shape index (κ2) is 9.38. The lowest BCUT2D eigenvalue weighted by Gasteiger charge is -2.18. The Hall–Kier alpha value is 0.0600. The van der Waals surface area contributed by atoms with Crippen molar-refractivity contribution in [3.63, 3.8) is 0 Å². The second-order valence-electron chi connectivity index (χ2n) is 4.75. The minimum absolute atomic E-state index is 0. The van der Waals surface area contributed by atoms with Crippen LogP contribution in [-0.2, 0) is 11.8 Å². The molecule has 0 bridgehead atoms. The van der Waals surface area contributed by atoms with Gasteiger partial charge in [0.1, 0.15) is 11.2 Å². The van der Waals surface area contributed by atoms with Crippen molar-refractivity contribution in [2.75, 3.05) is 5.75 Å². The summed E-state index contributed by atoms with van der Waals surface area (Å²) in [5.74, 6) is 0.871. The van der Waals surface area contributed by atoms with Crippen LogP contribution in [0.25, 0.3) is 0 Å². The molecule has 0 fully saturated rings. The van der Waals surface area contributed by atoms with Gasteiger partial charge in [0, 0.05) is 11.1 Å². The van der Waals surface area contributed by atoms with Crippen LogP contribution >= 0.6 is 29.3 Å². The second-order valence-corrected chi connectivity index (χ2v) is 11.5. The van der Waals surface area contributed by atoms with Gasteiger partial charge in [-0.2, -0.15) is 0 Å². The van der Waals surface area contributed by atoms with E-state index >= 15 is 0 Å². The average Bonchev–Trinajstić information content (AvgIpc) is 2.36. The molecule has 0 aromatic heterocycles. The Morgan fingerprint density at radius 3 is 2.32 bits per heavy atom. The number of benzene rings is 1. The van der Waals surface area contributed by atoms with Crippen molar-refractivity contribution in [1.82, 2.24) is 0 Å². The number of ether oxygens (including phenoxy) is 1. The van der Waals surface area contributed by atoms with E-state index in [0.29, 0.717) is 11.2 Å². The molecular formula is C13H19ClF3O2PS2. The molecular weight excluding hydrogens is 376 g/mol. The van der Waals surface area contributed by atoms with E-state index in [2.05, 4.69) is 18.6 Å². The van der Waals surface area contributed by atoms with Crippen LogP contribution in [0.5, 0.6) is 5.75 Å². The fourth-order valence-electron chi connectivity index (χ4n) is 1.72. The Morgan fingerprint density at radius 2 is 1.86 bits per heavy atom. The maximum absolute atomic E-state index is 12.1. The number of halogens is 4. The molecule has 2 atom stereocenters. The van der Waals surface area contributed by atoms with Crippen molar-refractivity contribution in [3.05, 3.63) is 24.3 Å². The molecule has 0 aliphatic heterocycles. The van der Waals surface area contributed by atoms with Crippen LogP contribution in [-0.4, -0.2) is 17.0 Å². The number of rotatable bonds is 7. The molecule has 0 amide bonds. The van der Waals surface area contributed by atoms with Crippen molar-refractivity contribution >= 4 is 46.4 Å². The first-order chi connectivity index (χ1) is 9.64. The summed E-state index contributed by atoms with van der Waals surface area (Å²) in [6.45, 7) is 4.18. The molecule has 1 aromatic rings. The van der Waals surface area contributed by atoms with E-state index in [1.807, 2.05) is 0 Å². The van der Waals surface area contributed by atoms with Gasteiger partial charge in [0.2, 0.25) is 0 Å². The zero-order chi connectivity index (χ0) is 16.1. The molecule has 0 aliphatic carbocycles. The van der Waals surface area contributed by atoms with Crippen LogP contribution in [0.15, 0.2) is 24.3 Å². The van der Waals surface area contributed by atoms with Crippen molar-refractivity contribution in [2.24, 2.45) is 5.92 Å². The Bertz CT molecular complexity index is 497. The zero-order valence-electron chi connectivity index (χ0n) is 12.2. The van der Waals surface area contributed by atoms with Gasteiger partial charge < -0.3 is 9.63 Å². The summed E-state index contributed by atoms with van der Waals surface area (Å²) < 4.78 is 40.0. The first kappa shape index (κ1) is 22.1. The van der Waals surface area contributed by atoms with Crippen molar-refractivity contribution in [2.45, 2.75) is 33.1 Å². The Labute approximate surface area is 144 Å². The third-order valence-electron chi connectivity index (χ3n) is 2.71. The molecule has 0 spiro atoms. The van der Waals surface area contributed by atoms with E-state index in [9.17, 15) is 18.1 Å². The monoisotopic (exact) mass is 394 g/mol. The van der Waals surface area contributed by atoms with Gasteiger partial charge in [0.15, 0.2) is 0 Å². The lowest BCUT2D eigenvalue weighted by molar-refractivity contribution is -0.274. The Balaban J connectivity index is 0.00000441. The molecule has 2 nitrogen and oxygen atoms in total. The van der Waals surface area contributed by atoms with E-state index in [4.69, 9.17) is 11.8 Å². The van der Waals surface area contributed by atoms with Crippen LogP contribution < -0.4 is 10.0 Å². The van der Waals surface area contributed by atoms with Crippen LogP contribution in [0.4, 0.5) is 13.2 Å². The summed E-state index contributed by atoms with van der Waals surface area (Å²) in [5.41, 5.74) is -2.78. The van der Waals surface area contributed by atoms with Gasteiger partial charge in [0.25, 0.3) is 0 Å². The Morgan fingerprint density at radius 1 is 1.32 bits per heavy atom.